The standard InChI is InChI=1S/C17H16ClF4N3O/c1-15(2,17(20,21)22)8-11(26)24-14-23-10-5-4-9(18)12(19)13(10)25(14)16(24)6-3-7-16/h4-5H,3,6-8H2,1-2H3. The van der Waals surface area contributed by atoms with E-state index in [1.807, 2.05) is 0 Å². The van der Waals surface area contributed by atoms with Crippen LogP contribution >= 0.6 is 11.6 Å². The van der Waals surface area contributed by atoms with E-state index in [1.54, 1.807) is 10.6 Å². The Morgan fingerprint density at radius 3 is 2.50 bits per heavy atom. The van der Waals surface area contributed by atoms with Crippen LogP contribution in [0.1, 0.15) is 39.5 Å². The lowest BCUT2D eigenvalue weighted by molar-refractivity contribution is -0.214. The van der Waals surface area contributed by atoms with Crippen molar-refractivity contribution in [2.75, 3.05) is 4.90 Å². The predicted octanol–water partition coefficient (Wildman–Crippen LogP) is 4.99. The molecule has 0 radical (unpaired) electrons. The van der Waals surface area contributed by atoms with E-state index in [2.05, 4.69) is 4.98 Å². The molecule has 140 valence electrons. The van der Waals surface area contributed by atoms with Gasteiger partial charge in [-0.05, 0) is 31.4 Å². The number of amides is 1. The molecule has 26 heavy (non-hydrogen) atoms. The number of nitrogens with zero attached hydrogens (tertiary/aromatic N) is 3. The Hall–Kier alpha value is -1.83. The number of hydrogen-bond acceptors (Lipinski definition) is 2. The van der Waals surface area contributed by atoms with Crippen LogP contribution in [0.3, 0.4) is 0 Å². The van der Waals surface area contributed by atoms with Gasteiger partial charge in [0.2, 0.25) is 11.9 Å². The highest BCUT2D eigenvalue weighted by atomic mass is 35.5. The van der Waals surface area contributed by atoms with Crippen LogP contribution in [0, 0.1) is 11.2 Å². The van der Waals surface area contributed by atoms with E-state index in [0.717, 1.165) is 20.3 Å². The van der Waals surface area contributed by atoms with Gasteiger partial charge in [-0.15, -0.1) is 0 Å². The Bertz CT molecular complexity index is 930. The van der Waals surface area contributed by atoms with E-state index >= 15 is 0 Å². The molecule has 0 saturated heterocycles. The second-order valence-corrected chi connectivity index (χ2v) is 8.01. The van der Waals surface area contributed by atoms with Crippen LogP contribution in [0.5, 0.6) is 0 Å². The van der Waals surface area contributed by atoms with E-state index in [-0.39, 0.29) is 16.5 Å². The second-order valence-electron chi connectivity index (χ2n) is 7.60. The van der Waals surface area contributed by atoms with Crippen molar-refractivity contribution >= 4 is 34.5 Å². The molecule has 1 aromatic carbocycles. The fraction of sp³-hybridized carbons (Fsp3) is 0.529. The highest BCUT2D eigenvalue weighted by Crippen LogP contribution is 2.56. The Labute approximate surface area is 151 Å². The molecule has 1 spiro atoms. The van der Waals surface area contributed by atoms with Gasteiger partial charge in [0.25, 0.3) is 0 Å². The SMILES string of the molecule is CC(C)(CC(=O)N1c2nc3ccc(Cl)c(F)c3n2C12CCC2)C(F)(F)F. The summed E-state index contributed by atoms with van der Waals surface area (Å²) in [6.45, 7) is 2.00. The first-order valence-corrected chi connectivity index (χ1v) is 8.64. The molecule has 0 N–H and O–H groups in total. The van der Waals surface area contributed by atoms with E-state index < -0.39 is 35.4 Å². The van der Waals surface area contributed by atoms with Crippen LogP contribution in [-0.2, 0) is 10.5 Å². The van der Waals surface area contributed by atoms with Crippen molar-refractivity contribution in [3.8, 4) is 0 Å². The van der Waals surface area contributed by atoms with Crippen molar-refractivity contribution in [1.82, 2.24) is 9.55 Å². The number of halogens is 5. The number of imidazole rings is 1. The minimum absolute atomic E-state index is 0.0577. The first-order valence-electron chi connectivity index (χ1n) is 8.26. The summed E-state index contributed by atoms with van der Waals surface area (Å²) in [6.07, 6.45) is -3.29. The van der Waals surface area contributed by atoms with Gasteiger partial charge in [0, 0.05) is 6.42 Å². The van der Waals surface area contributed by atoms with Gasteiger partial charge in [0.1, 0.15) is 11.2 Å². The van der Waals surface area contributed by atoms with Gasteiger partial charge in [-0.3, -0.25) is 14.3 Å². The van der Waals surface area contributed by atoms with E-state index in [4.69, 9.17) is 11.6 Å². The Morgan fingerprint density at radius 1 is 1.31 bits per heavy atom. The normalized spacial score (nSPS) is 18.7. The number of carbonyl (C=O) groups is 1. The highest BCUT2D eigenvalue weighted by Gasteiger charge is 2.60. The number of aromatic nitrogens is 2. The summed E-state index contributed by atoms with van der Waals surface area (Å²) in [7, 11) is 0. The van der Waals surface area contributed by atoms with Gasteiger partial charge >= 0.3 is 6.18 Å². The summed E-state index contributed by atoms with van der Waals surface area (Å²) < 4.78 is 55.7. The molecule has 0 bridgehead atoms. The zero-order valence-electron chi connectivity index (χ0n) is 14.1. The summed E-state index contributed by atoms with van der Waals surface area (Å²) >= 11 is 5.86. The molecule has 1 aliphatic carbocycles. The first kappa shape index (κ1) is 17.6. The van der Waals surface area contributed by atoms with Gasteiger partial charge < -0.3 is 0 Å². The smallest absolute Gasteiger partial charge is 0.282 e. The topological polar surface area (TPSA) is 38.1 Å². The third kappa shape index (κ3) is 2.08. The Morgan fingerprint density at radius 2 is 1.96 bits per heavy atom. The van der Waals surface area contributed by atoms with E-state index in [0.29, 0.717) is 18.4 Å². The number of anilines is 1. The lowest BCUT2D eigenvalue weighted by Gasteiger charge is -2.58. The van der Waals surface area contributed by atoms with Crippen molar-refractivity contribution in [1.29, 1.82) is 0 Å². The van der Waals surface area contributed by atoms with Crippen molar-refractivity contribution in [2.24, 2.45) is 5.41 Å². The third-order valence-corrected chi connectivity index (χ3v) is 5.78. The molecule has 1 fully saturated rings. The summed E-state index contributed by atoms with van der Waals surface area (Å²) in [5, 5.41) is -0.0577. The number of benzene rings is 1. The predicted molar refractivity (Wildman–Crippen MR) is 88.5 cm³/mol. The number of hydrogen-bond donors (Lipinski definition) is 0. The maximum atomic E-state index is 14.5. The maximum Gasteiger partial charge on any atom is 0.394 e. The minimum Gasteiger partial charge on any atom is -0.282 e. The van der Waals surface area contributed by atoms with Gasteiger partial charge in [0.05, 0.1) is 16.0 Å². The number of fused-ring (bicyclic) bond motifs is 4. The average molecular weight is 390 g/mol. The van der Waals surface area contributed by atoms with Crippen LogP contribution in [-0.4, -0.2) is 21.6 Å². The van der Waals surface area contributed by atoms with E-state index in [1.165, 1.54) is 11.0 Å². The molecular formula is C17H16ClF4N3O. The molecule has 1 aliphatic heterocycles. The van der Waals surface area contributed by atoms with Crippen LogP contribution < -0.4 is 4.90 Å². The lowest BCUT2D eigenvalue weighted by atomic mass is 9.78. The van der Waals surface area contributed by atoms with Crippen LogP contribution in [0.25, 0.3) is 11.0 Å². The molecule has 1 aromatic heterocycles. The molecule has 2 heterocycles. The average Bonchev–Trinajstić information content (AvgIpc) is 2.76. The molecular weight excluding hydrogens is 374 g/mol. The van der Waals surface area contributed by atoms with Crippen LogP contribution in [0.15, 0.2) is 12.1 Å². The molecule has 2 aliphatic rings. The van der Waals surface area contributed by atoms with Gasteiger partial charge in [-0.25, -0.2) is 9.37 Å². The maximum absolute atomic E-state index is 14.5. The number of alkyl halides is 3. The van der Waals surface area contributed by atoms with Crippen LogP contribution in [0.4, 0.5) is 23.5 Å². The zero-order valence-corrected chi connectivity index (χ0v) is 14.9. The van der Waals surface area contributed by atoms with Crippen molar-refractivity contribution in [2.45, 2.75) is 51.4 Å². The van der Waals surface area contributed by atoms with Crippen molar-refractivity contribution in [3.63, 3.8) is 0 Å². The molecule has 0 atom stereocenters. The van der Waals surface area contributed by atoms with Crippen molar-refractivity contribution in [3.05, 3.63) is 23.0 Å². The zero-order chi connectivity index (χ0) is 19.1. The first-order chi connectivity index (χ1) is 12.0. The quantitative estimate of drug-likeness (QED) is 0.678. The summed E-state index contributed by atoms with van der Waals surface area (Å²) in [5.74, 6) is -1.10. The fourth-order valence-electron chi connectivity index (χ4n) is 3.72. The summed E-state index contributed by atoms with van der Waals surface area (Å²) in [6, 6.07) is 2.92. The van der Waals surface area contributed by atoms with Gasteiger partial charge in [-0.2, -0.15) is 13.2 Å². The minimum atomic E-state index is -4.50. The molecule has 1 saturated carbocycles. The molecule has 4 rings (SSSR count). The van der Waals surface area contributed by atoms with E-state index in [9.17, 15) is 22.4 Å². The second kappa shape index (κ2) is 5.12. The molecule has 4 nitrogen and oxygen atoms in total. The molecule has 9 heteroatoms. The molecule has 2 aromatic rings. The summed E-state index contributed by atoms with van der Waals surface area (Å²) in [4.78, 5) is 18.3. The van der Waals surface area contributed by atoms with Gasteiger partial charge in [0.15, 0.2) is 5.82 Å². The lowest BCUT2D eigenvalue weighted by Crippen LogP contribution is -2.67. The van der Waals surface area contributed by atoms with Crippen LogP contribution in [0.2, 0.25) is 5.02 Å². The summed E-state index contributed by atoms with van der Waals surface area (Å²) in [5.41, 5.74) is -2.45. The monoisotopic (exact) mass is 389 g/mol. The molecule has 0 unspecified atom stereocenters. The Kier molecular flexibility index (Phi) is 3.46. The fourth-order valence-corrected chi connectivity index (χ4v) is 3.87. The third-order valence-electron chi connectivity index (χ3n) is 5.49. The highest BCUT2D eigenvalue weighted by molar-refractivity contribution is 6.31. The number of carbonyl (C=O) groups excluding carboxylic acids is 1. The van der Waals surface area contributed by atoms with Crippen molar-refractivity contribution < 1.29 is 22.4 Å². The van der Waals surface area contributed by atoms with Gasteiger partial charge in [-0.1, -0.05) is 25.4 Å². The molecule has 1 amide bonds. The number of rotatable bonds is 2. The Balaban J connectivity index is 1.78. The largest absolute Gasteiger partial charge is 0.394 e.